The SMILES string of the molecule is c1ccc(-c2cccc3c2sc2c(N(c4ccc(-c5cccc6ccccc56)cc4)c4ccc5c(ccc6cc(-c7ccc8sc9ccccc9c8c7)ccc65)c4)cccc23)cc1. The van der Waals surface area contributed by atoms with Crippen LogP contribution in [0, 0.1) is 0 Å². The van der Waals surface area contributed by atoms with Crippen molar-refractivity contribution in [2.24, 2.45) is 0 Å². The van der Waals surface area contributed by atoms with Crippen molar-refractivity contribution in [1.82, 2.24) is 0 Å². The van der Waals surface area contributed by atoms with Crippen molar-refractivity contribution < 1.29 is 0 Å². The van der Waals surface area contributed by atoms with Gasteiger partial charge in [0.25, 0.3) is 0 Å². The number of benzene rings is 11. The third-order valence-corrected chi connectivity index (χ3v) is 15.3. The summed E-state index contributed by atoms with van der Waals surface area (Å²) in [5.41, 5.74) is 10.9. The fourth-order valence-electron chi connectivity index (χ4n) is 9.80. The highest BCUT2D eigenvalue weighted by Gasteiger charge is 2.20. The van der Waals surface area contributed by atoms with Crippen LogP contribution in [0.2, 0.25) is 0 Å². The molecule has 2 aromatic heterocycles. The van der Waals surface area contributed by atoms with Crippen LogP contribution in [-0.4, -0.2) is 0 Å². The minimum atomic E-state index is 1.12. The lowest BCUT2D eigenvalue weighted by atomic mass is 9.96. The molecule has 0 aliphatic heterocycles. The predicted molar refractivity (Wildman–Crippen MR) is 276 cm³/mol. The lowest BCUT2D eigenvalue weighted by molar-refractivity contribution is 1.31. The molecule has 13 rings (SSSR count). The number of thiophene rings is 2. The standard InChI is InChI=1S/C60H37NS2/c1-2-11-39(12-3-1)51-18-9-19-53-54-20-10-21-56(60(54)63-59(51)53)61(45-29-25-40(26-30-45)48-17-8-14-38-13-4-5-15-47(38)48)46-31-33-50-44(36-46)24-23-43-35-41(27-32-49(43)50)42-28-34-58-55(37-42)52-16-6-7-22-57(52)62-58/h1-37H. The molecule has 1 nitrogen and oxygen atoms in total. The maximum absolute atomic E-state index is 2.46. The Kier molecular flexibility index (Phi) is 8.33. The Labute approximate surface area is 373 Å². The van der Waals surface area contributed by atoms with Gasteiger partial charge in [-0.05, 0) is 120 Å². The first kappa shape index (κ1) is 36.1. The minimum absolute atomic E-state index is 1.12. The van der Waals surface area contributed by atoms with E-state index in [-0.39, 0.29) is 0 Å². The van der Waals surface area contributed by atoms with Gasteiger partial charge in [0.2, 0.25) is 0 Å². The second-order valence-electron chi connectivity index (χ2n) is 16.4. The zero-order valence-electron chi connectivity index (χ0n) is 34.1. The van der Waals surface area contributed by atoms with E-state index < -0.39 is 0 Å². The third kappa shape index (κ3) is 5.96. The summed E-state index contributed by atoms with van der Waals surface area (Å²) in [6.45, 7) is 0. The molecular formula is C60H37NS2. The normalized spacial score (nSPS) is 11.8. The van der Waals surface area contributed by atoms with Crippen molar-refractivity contribution in [3.8, 4) is 33.4 Å². The summed E-state index contributed by atoms with van der Waals surface area (Å²) >= 11 is 3.76. The molecule has 11 aromatic carbocycles. The molecule has 0 N–H and O–H groups in total. The Balaban J connectivity index is 0.955. The van der Waals surface area contributed by atoms with Crippen molar-refractivity contribution in [3.05, 3.63) is 224 Å². The van der Waals surface area contributed by atoms with Crippen LogP contribution in [0.1, 0.15) is 0 Å². The Bertz CT molecular complexity index is 3910. The molecule has 0 spiro atoms. The van der Waals surface area contributed by atoms with Gasteiger partial charge in [-0.3, -0.25) is 0 Å². The number of rotatable bonds is 6. The van der Waals surface area contributed by atoms with Gasteiger partial charge in [-0.25, -0.2) is 0 Å². The van der Waals surface area contributed by atoms with Crippen LogP contribution in [0.4, 0.5) is 17.1 Å². The first-order valence-electron chi connectivity index (χ1n) is 21.5. The van der Waals surface area contributed by atoms with E-state index in [1.165, 1.54) is 112 Å². The van der Waals surface area contributed by atoms with E-state index in [4.69, 9.17) is 0 Å². The quantitative estimate of drug-likeness (QED) is 0.151. The van der Waals surface area contributed by atoms with Crippen molar-refractivity contribution in [1.29, 1.82) is 0 Å². The van der Waals surface area contributed by atoms with Gasteiger partial charge in [-0.2, -0.15) is 0 Å². The molecular weight excluding hydrogens is 799 g/mol. The summed E-state index contributed by atoms with van der Waals surface area (Å²) in [6.07, 6.45) is 0. The molecule has 0 unspecified atom stereocenters. The zero-order chi connectivity index (χ0) is 41.4. The van der Waals surface area contributed by atoms with E-state index in [1.807, 2.05) is 22.7 Å². The molecule has 0 aliphatic rings. The molecule has 0 atom stereocenters. The van der Waals surface area contributed by atoms with E-state index >= 15 is 0 Å². The van der Waals surface area contributed by atoms with Gasteiger partial charge in [-0.15, -0.1) is 22.7 Å². The molecule has 63 heavy (non-hydrogen) atoms. The Morgan fingerprint density at radius 2 is 0.857 bits per heavy atom. The van der Waals surface area contributed by atoms with Gasteiger partial charge in [0.15, 0.2) is 0 Å². The number of hydrogen-bond donors (Lipinski definition) is 0. The molecule has 0 amide bonds. The van der Waals surface area contributed by atoms with Gasteiger partial charge < -0.3 is 4.90 Å². The number of hydrogen-bond acceptors (Lipinski definition) is 3. The van der Waals surface area contributed by atoms with E-state index in [0.717, 1.165) is 11.4 Å². The first-order chi connectivity index (χ1) is 31.2. The highest BCUT2D eigenvalue weighted by Crippen LogP contribution is 2.48. The molecule has 3 heteroatoms. The Hall–Kier alpha value is -7.56. The van der Waals surface area contributed by atoms with E-state index in [1.54, 1.807) is 0 Å². The molecule has 13 aromatic rings. The van der Waals surface area contributed by atoms with Crippen LogP contribution in [0.25, 0.3) is 106 Å². The molecule has 0 saturated heterocycles. The molecule has 2 heterocycles. The topological polar surface area (TPSA) is 3.24 Å². The number of anilines is 3. The van der Waals surface area contributed by atoms with Gasteiger partial charge in [-0.1, -0.05) is 170 Å². The van der Waals surface area contributed by atoms with Crippen molar-refractivity contribution in [2.75, 3.05) is 4.90 Å². The Morgan fingerprint density at radius 1 is 0.270 bits per heavy atom. The molecule has 0 radical (unpaired) electrons. The van der Waals surface area contributed by atoms with Crippen LogP contribution in [0.5, 0.6) is 0 Å². The second-order valence-corrected chi connectivity index (χ2v) is 18.5. The average molecular weight is 836 g/mol. The first-order valence-corrected chi connectivity index (χ1v) is 23.1. The van der Waals surface area contributed by atoms with Crippen molar-refractivity contribution >= 4 is 112 Å². The van der Waals surface area contributed by atoms with Gasteiger partial charge in [0.1, 0.15) is 0 Å². The van der Waals surface area contributed by atoms with Crippen LogP contribution >= 0.6 is 22.7 Å². The smallest absolute Gasteiger partial charge is 0.0640 e. The molecule has 294 valence electrons. The van der Waals surface area contributed by atoms with Crippen LogP contribution in [-0.2, 0) is 0 Å². The maximum atomic E-state index is 2.46. The molecule has 0 aliphatic carbocycles. The van der Waals surface area contributed by atoms with Gasteiger partial charge in [0, 0.05) is 47.0 Å². The Morgan fingerprint density at radius 3 is 1.73 bits per heavy atom. The number of fused-ring (bicyclic) bond motifs is 10. The second kappa shape index (κ2) is 14.5. The fourth-order valence-corrected chi connectivity index (χ4v) is 12.2. The van der Waals surface area contributed by atoms with Crippen molar-refractivity contribution in [2.45, 2.75) is 0 Å². The summed E-state index contributed by atoms with van der Waals surface area (Å²) in [6, 6.07) is 83.0. The largest absolute Gasteiger partial charge is 0.309 e. The van der Waals surface area contributed by atoms with Gasteiger partial charge in [0.05, 0.1) is 10.4 Å². The van der Waals surface area contributed by atoms with Gasteiger partial charge >= 0.3 is 0 Å². The monoisotopic (exact) mass is 835 g/mol. The zero-order valence-corrected chi connectivity index (χ0v) is 35.8. The summed E-state index contributed by atoms with van der Waals surface area (Å²) in [7, 11) is 0. The lowest BCUT2D eigenvalue weighted by Crippen LogP contribution is -2.10. The average Bonchev–Trinajstić information content (AvgIpc) is 3.93. The molecule has 0 saturated carbocycles. The van der Waals surface area contributed by atoms with E-state index in [0.29, 0.717) is 0 Å². The summed E-state index contributed by atoms with van der Waals surface area (Å²) < 4.78 is 5.25. The summed E-state index contributed by atoms with van der Waals surface area (Å²) in [5, 5.41) is 12.7. The van der Waals surface area contributed by atoms with Crippen LogP contribution < -0.4 is 4.90 Å². The summed E-state index contributed by atoms with van der Waals surface area (Å²) in [5.74, 6) is 0. The predicted octanol–water partition coefficient (Wildman–Crippen LogP) is 18.4. The summed E-state index contributed by atoms with van der Waals surface area (Å²) in [4.78, 5) is 2.46. The van der Waals surface area contributed by atoms with E-state index in [2.05, 4.69) is 229 Å². The minimum Gasteiger partial charge on any atom is -0.309 e. The lowest BCUT2D eigenvalue weighted by Gasteiger charge is -2.27. The van der Waals surface area contributed by atoms with E-state index in [9.17, 15) is 0 Å². The van der Waals surface area contributed by atoms with Crippen molar-refractivity contribution in [3.63, 3.8) is 0 Å². The number of nitrogens with zero attached hydrogens (tertiary/aromatic N) is 1. The molecule has 0 fully saturated rings. The molecule has 0 bridgehead atoms. The highest BCUT2D eigenvalue weighted by atomic mass is 32.1. The van der Waals surface area contributed by atoms with Crippen LogP contribution in [0.3, 0.4) is 0 Å². The van der Waals surface area contributed by atoms with Crippen LogP contribution in [0.15, 0.2) is 224 Å². The maximum Gasteiger partial charge on any atom is 0.0640 e. The third-order valence-electron chi connectivity index (χ3n) is 12.8. The highest BCUT2D eigenvalue weighted by molar-refractivity contribution is 7.27. The fraction of sp³-hybridized carbons (Fsp3) is 0.